The van der Waals surface area contributed by atoms with E-state index in [4.69, 9.17) is 23.2 Å². The molecule has 1 aromatic rings. The molecule has 0 radical (unpaired) electrons. The quantitative estimate of drug-likeness (QED) is 0.845. The second kappa shape index (κ2) is 6.90. The molecule has 0 saturated heterocycles. The van der Waals surface area contributed by atoms with Crippen LogP contribution in [0.5, 0.6) is 0 Å². The molecular weight excluding hydrogens is 309 g/mol. The summed E-state index contributed by atoms with van der Waals surface area (Å²) in [6, 6.07) is 4.38. The first-order chi connectivity index (χ1) is 8.74. The van der Waals surface area contributed by atoms with Gasteiger partial charge in [0.05, 0.1) is 16.1 Å². The third-order valence-electron chi connectivity index (χ3n) is 2.46. The average Bonchev–Trinajstić information content (AvgIpc) is 2.29. The van der Waals surface area contributed by atoms with E-state index >= 15 is 0 Å². The first-order valence-electron chi connectivity index (χ1n) is 5.85. The van der Waals surface area contributed by atoms with Gasteiger partial charge in [-0.15, -0.1) is 0 Å². The lowest BCUT2D eigenvalue weighted by Gasteiger charge is -2.14. The molecule has 1 rings (SSSR count). The number of aliphatic hydroxyl groups is 1. The first-order valence-corrected chi connectivity index (χ1v) is 8.09. The van der Waals surface area contributed by atoms with E-state index in [1.807, 2.05) is 13.8 Å². The molecule has 108 valence electrons. The predicted molar refractivity (Wildman–Crippen MR) is 77.1 cm³/mol. The van der Waals surface area contributed by atoms with E-state index in [2.05, 4.69) is 4.72 Å². The van der Waals surface area contributed by atoms with Crippen molar-refractivity contribution in [1.82, 2.24) is 4.72 Å². The molecule has 0 aliphatic rings. The summed E-state index contributed by atoms with van der Waals surface area (Å²) in [5.74, 6) is 0.286. The van der Waals surface area contributed by atoms with Crippen molar-refractivity contribution in [2.75, 3.05) is 6.54 Å². The molecule has 0 fully saturated rings. The molecule has 0 aromatic heterocycles. The van der Waals surface area contributed by atoms with Gasteiger partial charge >= 0.3 is 0 Å². The van der Waals surface area contributed by atoms with Crippen LogP contribution in [0.15, 0.2) is 23.1 Å². The Morgan fingerprint density at radius 1 is 1.32 bits per heavy atom. The summed E-state index contributed by atoms with van der Waals surface area (Å²) in [4.78, 5) is -0.0848. The van der Waals surface area contributed by atoms with Crippen molar-refractivity contribution in [3.63, 3.8) is 0 Å². The minimum atomic E-state index is -3.77. The van der Waals surface area contributed by atoms with Crippen molar-refractivity contribution in [3.05, 3.63) is 28.2 Å². The number of sulfonamides is 1. The number of nitrogens with one attached hydrogen (secondary N) is 1. The fraction of sp³-hybridized carbons (Fsp3) is 0.500. The molecule has 19 heavy (non-hydrogen) atoms. The number of hydrogen-bond donors (Lipinski definition) is 2. The predicted octanol–water partition coefficient (Wildman–Crippen LogP) is 2.68. The number of benzene rings is 1. The topological polar surface area (TPSA) is 66.4 Å². The van der Waals surface area contributed by atoms with Crippen LogP contribution in [0.4, 0.5) is 0 Å². The van der Waals surface area contributed by atoms with Gasteiger partial charge < -0.3 is 5.11 Å². The van der Waals surface area contributed by atoms with Gasteiger partial charge in [0, 0.05) is 6.54 Å². The summed E-state index contributed by atoms with van der Waals surface area (Å²) in [7, 11) is -3.77. The number of aliphatic hydroxyl groups excluding tert-OH is 1. The van der Waals surface area contributed by atoms with Crippen LogP contribution in [0.1, 0.15) is 20.3 Å². The van der Waals surface area contributed by atoms with E-state index in [0.717, 1.165) is 0 Å². The molecule has 0 aliphatic carbocycles. The Kier molecular flexibility index (Phi) is 6.08. The van der Waals surface area contributed by atoms with Crippen LogP contribution in [-0.2, 0) is 10.0 Å². The van der Waals surface area contributed by atoms with E-state index < -0.39 is 16.1 Å². The summed E-state index contributed by atoms with van der Waals surface area (Å²) < 4.78 is 26.4. The lowest BCUT2D eigenvalue weighted by Crippen LogP contribution is -2.33. The largest absolute Gasteiger partial charge is 0.392 e. The molecule has 1 aromatic carbocycles. The Labute approximate surface area is 123 Å². The third-order valence-corrected chi connectivity index (χ3v) is 4.86. The zero-order valence-corrected chi connectivity index (χ0v) is 13.1. The van der Waals surface area contributed by atoms with E-state index in [1.165, 1.54) is 18.2 Å². The molecule has 4 nitrogen and oxygen atoms in total. The SMILES string of the molecule is CC(C)CC(O)CNS(=O)(=O)c1cccc(Cl)c1Cl. The summed E-state index contributed by atoms with van der Waals surface area (Å²) in [6.07, 6.45) is -0.209. The summed E-state index contributed by atoms with van der Waals surface area (Å²) in [5, 5.41) is 9.82. The van der Waals surface area contributed by atoms with Crippen LogP contribution in [0, 0.1) is 5.92 Å². The first kappa shape index (κ1) is 16.7. The van der Waals surface area contributed by atoms with Crippen molar-refractivity contribution in [2.45, 2.75) is 31.3 Å². The van der Waals surface area contributed by atoms with Gasteiger partial charge in [-0.3, -0.25) is 0 Å². The molecule has 0 aliphatic heterocycles. The van der Waals surface area contributed by atoms with Gasteiger partial charge in [0.25, 0.3) is 0 Å². The maximum Gasteiger partial charge on any atom is 0.242 e. The maximum absolute atomic E-state index is 12.0. The molecule has 0 spiro atoms. The Balaban J connectivity index is 2.79. The lowest BCUT2D eigenvalue weighted by molar-refractivity contribution is 0.152. The van der Waals surface area contributed by atoms with Gasteiger partial charge in [-0.2, -0.15) is 0 Å². The smallest absolute Gasteiger partial charge is 0.242 e. The Bertz CT molecular complexity index is 532. The van der Waals surface area contributed by atoms with Crippen LogP contribution in [0.25, 0.3) is 0 Å². The summed E-state index contributed by atoms with van der Waals surface area (Å²) in [5.41, 5.74) is 0. The van der Waals surface area contributed by atoms with Gasteiger partial charge in [0.2, 0.25) is 10.0 Å². The maximum atomic E-state index is 12.0. The van der Waals surface area contributed by atoms with Gasteiger partial charge in [-0.05, 0) is 24.5 Å². The van der Waals surface area contributed by atoms with E-state index in [0.29, 0.717) is 6.42 Å². The highest BCUT2D eigenvalue weighted by atomic mass is 35.5. The van der Waals surface area contributed by atoms with Crippen LogP contribution in [0.2, 0.25) is 10.0 Å². The minimum Gasteiger partial charge on any atom is -0.392 e. The van der Waals surface area contributed by atoms with Crippen molar-refractivity contribution < 1.29 is 13.5 Å². The molecule has 2 N–H and O–H groups in total. The van der Waals surface area contributed by atoms with Gasteiger partial charge in [-0.1, -0.05) is 43.1 Å². The van der Waals surface area contributed by atoms with Gasteiger partial charge in [0.15, 0.2) is 0 Å². The van der Waals surface area contributed by atoms with E-state index in [-0.39, 0.29) is 27.4 Å². The fourth-order valence-corrected chi connectivity index (χ4v) is 3.43. The number of hydrogen-bond acceptors (Lipinski definition) is 3. The highest BCUT2D eigenvalue weighted by molar-refractivity contribution is 7.89. The minimum absolute atomic E-state index is 0.0185. The highest BCUT2D eigenvalue weighted by Crippen LogP contribution is 2.28. The standard InChI is InChI=1S/C12H17Cl2NO3S/c1-8(2)6-9(16)7-15-19(17,18)11-5-3-4-10(13)12(11)14/h3-5,8-9,15-16H,6-7H2,1-2H3. The molecular formula is C12H17Cl2NO3S. The van der Waals surface area contributed by atoms with Crippen LogP contribution < -0.4 is 4.72 Å². The Morgan fingerprint density at radius 3 is 2.53 bits per heavy atom. The van der Waals surface area contributed by atoms with Crippen molar-refractivity contribution in [2.24, 2.45) is 5.92 Å². The second-order valence-corrected chi connectivity index (χ2v) is 7.21. The second-order valence-electron chi connectivity index (χ2n) is 4.69. The number of rotatable bonds is 6. The molecule has 0 saturated carbocycles. The summed E-state index contributed by atoms with van der Waals surface area (Å²) in [6.45, 7) is 3.85. The van der Waals surface area contributed by atoms with Crippen LogP contribution in [0.3, 0.4) is 0 Å². The van der Waals surface area contributed by atoms with Crippen molar-refractivity contribution >= 4 is 33.2 Å². The highest BCUT2D eigenvalue weighted by Gasteiger charge is 2.20. The Morgan fingerprint density at radius 2 is 1.95 bits per heavy atom. The molecule has 0 amide bonds. The molecule has 1 unspecified atom stereocenters. The molecule has 1 atom stereocenters. The van der Waals surface area contributed by atoms with Crippen LogP contribution in [-0.4, -0.2) is 26.2 Å². The normalized spacial score (nSPS) is 13.8. The third kappa shape index (κ3) is 4.93. The lowest BCUT2D eigenvalue weighted by atomic mass is 10.1. The molecule has 0 heterocycles. The number of halogens is 2. The van der Waals surface area contributed by atoms with E-state index in [1.54, 1.807) is 0 Å². The average molecular weight is 326 g/mol. The Hall–Kier alpha value is -0.330. The fourth-order valence-electron chi connectivity index (χ4n) is 1.60. The molecule has 0 bridgehead atoms. The zero-order chi connectivity index (χ0) is 14.6. The summed E-state index contributed by atoms with van der Waals surface area (Å²) >= 11 is 11.6. The van der Waals surface area contributed by atoms with Crippen molar-refractivity contribution in [1.29, 1.82) is 0 Å². The van der Waals surface area contributed by atoms with Gasteiger partial charge in [0.1, 0.15) is 4.90 Å². The van der Waals surface area contributed by atoms with Crippen molar-refractivity contribution in [3.8, 4) is 0 Å². The van der Waals surface area contributed by atoms with Crippen LogP contribution >= 0.6 is 23.2 Å². The van der Waals surface area contributed by atoms with E-state index in [9.17, 15) is 13.5 Å². The monoisotopic (exact) mass is 325 g/mol. The zero-order valence-electron chi connectivity index (χ0n) is 10.7. The van der Waals surface area contributed by atoms with Gasteiger partial charge in [-0.25, -0.2) is 13.1 Å². The molecule has 7 heteroatoms.